The molecule has 0 aliphatic carbocycles. The second kappa shape index (κ2) is 7.47. The smallest absolute Gasteiger partial charge is 0.274 e. The molecular formula is C19H23N4O2S+. The van der Waals surface area contributed by atoms with Crippen LogP contribution < -0.4 is 14.5 Å². The summed E-state index contributed by atoms with van der Waals surface area (Å²) in [7, 11) is 1.73. The molecular weight excluding hydrogens is 348 g/mol. The number of piperazine rings is 1. The van der Waals surface area contributed by atoms with Crippen LogP contribution in [-0.4, -0.2) is 43.5 Å². The van der Waals surface area contributed by atoms with E-state index < -0.39 is 0 Å². The number of thiophene rings is 1. The molecule has 0 spiro atoms. The Labute approximate surface area is 157 Å². The van der Waals surface area contributed by atoms with Crippen molar-refractivity contribution >= 4 is 17.0 Å². The fourth-order valence-corrected chi connectivity index (χ4v) is 4.09. The highest BCUT2D eigenvalue weighted by Gasteiger charge is 2.30. The van der Waals surface area contributed by atoms with Crippen molar-refractivity contribution in [2.75, 3.05) is 38.2 Å². The van der Waals surface area contributed by atoms with Crippen molar-refractivity contribution in [3.8, 4) is 16.5 Å². The lowest BCUT2D eigenvalue weighted by molar-refractivity contribution is -0.931. The zero-order chi connectivity index (χ0) is 17.9. The maximum absolute atomic E-state index is 5.92. The number of ether oxygens (including phenoxy) is 1. The largest absolute Gasteiger partial charge is 0.495 e. The zero-order valence-electron chi connectivity index (χ0n) is 15.0. The molecule has 1 aliphatic heterocycles. The van der Waals surface area contributed by atoms with E-state index in [0.717, 1.165) is 36.8 Å². The highest BCUT2D eigenvalue weighted by molar-refractivity contribution is 7.13. The first kappa shape index (κ1) is 17.1. The standard InChI is InChI=1S/C19H22N4O2S/c1-14(18-20-21-19(25-18)17-8-5-13-26-17)22-9-11-23(12-10-22)15-6-3-4-7-16(15)24-2/h3-8,13-14H,9-12H2,1-2H3/p+1/t14-/m0/s1. The molecule has 2 aromatic heterocycles. The number of nitrogens with one attached hydrogen (secondary N) is 1. The van der Waals surface area contributed by atoms with Crippen LogP contribution in [0.4, 0.5) is 5.69 Å². The number of methoxy groups -OCH3 is 1. The van der Waals surface area contributed by atoms with Gasteiger partial charge in [0, 0.05) is 0 Å². The number of benzene rings is 1. The summed E-state index contributed by atoms with van der Waals surface area (Å²) in [5, 5.41) is 10.5. The van der Waals surface area contributed by atoms with Crippen molar-refractivity contribution < 1.29 is 14.1 Å². The zero-order valence-corrected chi connectivity index (χ0v) is 15.8. The predicted molar refractivity (Wildman–Crippen MR) is 102 cm³/mol. The molecule has 136 valence electrons. The third-order valence-electron chi connectivity index (χ3n) is 4.99. The molecule has 7 heteroatoms. The van der Waals surface area contributed by atoms with E-state index in [4.69, 9.17) is 9.15 Å². The molecule has 3 aromatic rings. The maximum atomic E-state index is 5.92. The van der Waals surface area contributed by atoms with Gasteiger partial charge >= 0.3 is 0 Å². The van der Waals surface area contributed by atoms with Crippen LogP contribution in [0.25, 0.3) is 10.8 Å². The number of quaternary nitrogens is 1. The molecule has 26 heavy (non-hydrogen) atoms. The van der Waals surface area contributed by atoms with Gasteiger partial charge in [0.2, 0.25) is 0 Å². The van der Waals surface area contributed by atoms with E-state index in [0.29, 0.717) is 11.8 Å². The minimum absolute atomic E-state index is 0.191. The molecule has 4 rings (SSSR count). The van der Waals surface area contributed by atoms with Crippen molar-refractivity contribution in [2.24, 2.45) is 0 Å². The van der Waals surface area contributed by atoms with Gasteiger partial charge in [0.15, 0.2) is 6.04 Å². The van der Waals surface area contributed by atoms with Crippen molar-refractivity contribution in [1.29, 1.82) is 0 Å². The van der Waals surface area contributed by atoms with Gasteiger partial charge in [-0.3, -0.25) is 0 Å². The van der Waals surface area contributed by atoms with Crippen molar-refractivity contribution in [3.05, 3.63) is 47.7 Å². The molecule has 6 nitrogen and oxygen atoms in total. The van der Waals surface area contributed by atoms with Crippen LogP contribution in [0.2, 0.25) is 0 Å². The lowest BCUT2D eigenvalue weighted by Gasteiger charge is -2.36. The predicted octanol–water partition coefficient (Wildman–Crippen LogP) is 2.27. The molecule has 0 amide bonds. The van der Waals surface area contributed by atoms with E-state index in [1.165, 1.54) is 10.6 Å². The van der Waals surface area contributed by atoms with Crippen molar-refractivity contribution in [1.82, 2.24) is 10.2 Å². The summed E-state index contributed by atoms with van der Waals surface area (Å²) >= 11 is 1.62. The molecule has 1 fully saturated rings. The lowest BCUT2D eigenvalue weighted by Crippen LogP contribution is -3.14. The number of hydrogen-bond acceptors (Lipinski definition) is 6. The molecule has 0 radical (unpaired) electrons. The Morgan fingerprint density at radius 3 is 2.69 bits per heavy atom. The molecule has 1 aliphatic rings. The summed E-state index contributed by atoms with van der Waals surface area (Å²) in [6, 6.07) is 12.4. The summed E-state index contributed by atoms with van der Waals surface area (Å²) in [4.78, 5) is 4.88. The third-order valence-corrected chi connectivity index (χ3v) is 5.84. The molecule has 1 atom stereocenters. The van der Waals surface area contributed by atoms with Gasteiger partial charge in [0.25, 0.3) is 11.8 Å². The van der Waals surface area contributed by atoms with E-state index in [9.17, 15) is 0 Å². The first-order valence-corrected chi connectivity index (χ1v) is 9.74. The van der Waals surface area contributed by atoms with Crippen LogP contribution in [0.15, 0.2) is 46.2 Å². The van der Waals surface area contributed by atoms with Gasteiger partial charge in [-0.15, -0.1) is 21.5 Å². The van der Waals surface area contributed by atoms with Gasteiger partial charge in [-0.1, -0.05) is 18.2 Å². The van der Waals surface area contributed by atoms with Crippen LogP contribution in [0.1, 0.15) is 18.9 Å². The van der Waals surface area contributed by atoms with E-state index in [2.05, 4.69) is 34.2 Å². The minimum Gasteiger partial charge on any atom is -0.495 e. The fourth-order valence-electron chi connectivity index (χ4n) is 3.44. The van der Waals surface area contributed by atoms with Crippen LogP contribution in [-0.2, 0) is 0 Å². The second-order valence-corrected chi connectivity index (χ2v) is 7.41. The van der Waals surface area contributed by atoms with Crippen LogP contribution in [0.3, 0.4) is 0 Å². The fraction of sp³-hybridized carbons (Fsp3) is 0.368. The van der Waals surface area contributed by atoms with Gasteiger partial charge < -0.3 is 19.0 Å². The first-order valence-electron chi connectivity index (χ1n) is 8.86. The monoisotopic (exact) mass is 371 g/mol. The van der Waals surface area contributed by atoms with Crippen molar-refractivity contribution in [2.45, 2.75) is 13.0 Å². The molecule has 1 N–H and O–H groups in total. The lowest BCUT2D eigenvalue weighted by atomic mass is 10.2. The molecule has 0 bridgehead atoms. The molecule has 0 saturated carbocycles. The summed E-state index contributed by atoms with van der Waals surface area (Å²) in [6.45, 7) is 6.17. The summed E-state index contributed by atoms with van der Waals surface area (Å²) < 4.78 is 11.4. The van der Waals surface area contributed by atoms with Crippen molar-refractivity contribution in [3.63, 3.8) is 0 Å². The van der Waals surface area contributed by atoms with E-state index >= 15 is 0 Å². The molecule has 1 saturated heterocycles. The minimum atomic E-state index is 0.191. The Bertz CT molecular complexity index is 841. The number of aromatic nitrogens is 2. The van der Waals surface area contributed by atoms with Gasteiger partial charge in [-0.2, -0.15) is 0 Å². The molecule has 3 heterocycles. The summed E-state index contributed by atoms with van der Waals surface area (Å²) in [5.41, 5.74) is 1.17. The highest BCUT2D eigenvalue weighted by Crippen LogP contribution is 2.28. The molecule has 0 unspecified atom stereocenters. The average molecular weight is 371 g/mol. The Morgan fingerprint density at radius 1 is 1.15 bits per heavy atom. The number of nitrogens with zero attached hydrogens (tertiary/aromatic N) is 3. The van der Waals surface area contributed by atoms with E-state index in [1.54, 1.807) is 18.4 Å². The van der Waals surface area contributed by atoms with E-state index in [1.807, 2.05) is 29.6 Å². The normalized spacial score (nSPS) is 16.6. The number of anilines is 1. The summed E-state index contributed by atoms with van der Waals surface area (Å²) in [6.07, 6.45) is 0. The Kier molecular flexibility index (Phi) is 4.90. The van der Waals surface area contributed by atoms with Crippen LogP contribution >= 0.6 is 11.3 Å². The Hall–Kier alpha value is -2.38. The maximum Gasteiger partial charge on any atom is 0.274 e. The van der Waals surface area contributed by atoms with Gasteiger partial charge in [-0.25, -0.2) is 0 Å². The Balaban J connectivity index is 1.41. The van der Waals surface area contributed by atoms with Gasteiger partial charge in [0.05, 0.1) is 43.9 Å². The quantitative estimate of drug-likeness (QED) is 0.746. The highest BCUT2D eigenvalue weighted by atomic mass is 32.1. The number of para-hydroxylation sites is 2. The second-order valence-electron chi connectivity index (χ2n) is 6.46. The topological polar surface area (TPSA) is 55.8 Å². The van der Waals surface area contributed by atoms with E-state index in [-0.39, 0.29) is 6.04 Å². The Morgan fingerprint density at radius 2 is 1.96 bits per heavy atom. The third kappa shape index (κ3) is 3.32. The number of hydrogen-bond donors (Lipinski definition) is 1. The SMILES string of the molecule is COc1ccccc1N1CC[NH+]([C@@H](C)c2nnc(-c3cccs3)o2)CC1. The average Bonchev–Trinajstić information content (AvgIpc) is 3.39. The molecule has 1 aromatic carbocycles. The van der Waals surface area contributed by atoms with Crippen LogP contribution in [0.5, 0.6) is 5.75 Å². The van der Waals surface area contributed by atoms with Gasteiger partial charge in [0.1, 0.15) is 5.75 Å². The first-order chi connectivity index (χ1) is 12.8. The number of rotatable bonds is 5. The van der Waals surface area contributed by atoms with Gasteiger partial charge in [-0.05, 0) is 30.5 Å². The van der Waals surface area contributed by atoms with Crippen LogP contribution in [0, 0.1) is 0 Å². The summed E-state index contributed by atoms with van der Waals surface area (Å²) in [5.74, 6) is 2.27.